The van der Waals surface area contributed by atoms with Crippen LogP contribution in [-0.4, -0.2) is 39.4 Å². The highest BCUT2D eigenvalue weighted by Gasteiger charge is 2.36. The van der Waals surface area contributed by atoms with Gasteiger partial charge in [0.15, 0.2) is 5.82 Å². The van der Waals surface area contributed by atoms with Crippen molar-refractivity contribution in [2.24, 2.45) is 12.8 Å². The number of halogens is 2. The van der Waals surface area contributed by atoms with Crippen molar-refractivity contribution in [2.75, 3.05) is 28.1 Å². The summed E-state index contributed by atoms with van der Waals surface area (Å²) in [5.74, 6) is 2.26. The number of hydrogen-bond acceptors (Lipinski definition) is 6. The van der Waals surface area contributed by atoms with E-state index in [1.807, 2.05) is 17.9 Å². The Morgan fingerprint density at radius 2 is 2.07 bits per heavy atom. The van der Waals surface area contributed by atoms with E-state index in [-0.39, 0.29) is 38.9 Å². The third-order valence-electron chi connectivity index (χ3n) is 5.93. The highest BCUT2D eigenvalue weighted by Crippen LogP contribution is 2.43. The fourth-order valence-corrected chi connectivity index (χ4v) is 12.6. The van der Waals surface area contributed by atoms with Crippen molar-refractivity contribution in [2.45, 2.75) is 18.3 Å². The maximum atomic E-state index is 6.38. The Kier molecular flexibility index (Phi) is 5.37. The number of anilines is 2. The van der Waals surface area contributed by atoms with Gasteiger partial charge in [-0.15, -0.1) is 0 Å². The van der Waals surface area contributed by atoms with Crippen molar-refractivity contribution in [1.29, 1.82) is 0 Å². The van der Waals surface area contributed by atoms with Gasteiger partial charge in [0.2, 0.25) is 0 Å². The molecule has 1 aromatic carbocycles. The molecule has 0 bridgehead atoms. The first-order valence-electron chi connectivity index (χ1n) is 9.62. The first-order valence-corrected chi connectivity index (χ1v) is 18.1. The van der Waals surface area contributed by atoms with Crippen molar-refractivity contribution in [3.05, 3.63) is 52.1 Å². The molecule has 1 fully saturated rings. The molecular weight excluding hydrogens is 592 g/mol. The molecule has 1 saturated heterocycles. The molecule has 0 aliphatic carbocycles. The van der Waals surface area contributed by atoms with E-state index in [1.165, 1.54) is 20.5 Å². The van der Waals surface area contributed by atoms with Crippen LogP contribution in [0.15, 0.2) is 43.0 Å². The van der Waals surface area contributed by atoms with Crippen LogP contribution in [0.25, 0.3) is 11.1 Å². The van der Waals surface area contributed by atoms with E-state index in [2.05, 4.69) is 54.0 Å². The Balaban J connectivity index is 1.40. The van der Waals surface area contributed by atoms with Gasteiger partial charge in [-0.3, -0.25) is 4.68 Å². The van der Waals surface area contributed by atoms with Gasteiger partial charge < -0.3 is 14.2 Å². The number of nitrogens with one attached hydrogen (secondary N) is 1. The van der Waals surface area contributed by atoms with Crippen molar-refractivity contribution in [1.82, 2.24) is 19.7 Å². The number of nitrogens with zero attached hydrogens (tertiary/aromatic N) is 5. The van der Waals surface area contributed by atoms with Crippen LogP contribution in [0.5, 0.6) is 0 Å². The Bertz CT molecular complexity index is 1070. The van der Waals surface area contributed by atoms with Crippen molar-refractivity contribution >= 4 is 45.1 Å². The summed E-state index contributed by atoms with van der Waals surface area (Å²) in [4.78, 5) is 11.5. The molecule has 0 amide bonds. The quantitative estimate of drug-likeness (QED) is 0.344. The Morgan fingerprint density at radius 1 is 1.21 bits per heavy atom. The van der Waals surface area contributed by atoms with Gasteiger partial charge in [-0.05, 0) is 40.6 Å². The van der Waals surface area contributed by atoms with E-state index >= 15 is 0 Å². The Morgan fingerprint density at radius 3 is 2.83 bits per heavy atom. The maximum absolute atomic E-state index is 6.38. The molecule has 152 valence electrons. The highest BCUT2D eigenvalue weighted by molar-refractivity contribution is 14.8. The summed E-state index contributed by atoms with van der Waals surface area (Å²) in [7, 11) is 1.95. The van der Waals surface area contributed by atoms with E-state index in [1.54, 1.807) is 6.33 Å². The fraction of sp³-hybridized carbons (Fsp3) is 0.350. The minimum atomic E-state index is 0.0190. The van der Waals surface area contributed by atoms with E-state index in [4.69, 9.17) is 5.73 Å². The number of rotatable bonds is 4. The van der Waals surface area contributed by atoms with Gasteiger partial charge in [0.05, 0.1) is 9.77 Å². The second-order valence-corrected chi connectivity index (χ2v) is 15.5. The smallest absolute Gasteiger partial charge is 0.153 e. The SMILES string of the molecule is Cn1cc(-c2cccc(C3(CN)CCN(c4ncnc5c4I=IN5)CC3)c2)cn1. The molecule has 0 unspecified atom stereocenters. The average molecular weight is 615 g/mol. The largest absolute Gasteiger partial charge is 0.356 e. The van der Waals surface area contributed by atoms with Gasteiger partial charge >= 0.3 is 0 Å². The molecule has 4 heterocycles. The molecule has 0 radical (unpaired) electrons. The molecule has 0 spiro atoms. The topological polar surface area (TPSA) is 84.9 Å². The summed E-state index contributed by atoms with van der Waals surface area (Å²) >= 11 is 0.165. The summed E-state index contributed by atoms with van der Waals surface area (Å²) in [6, 6.07) is 8.86. The van der Waals surface area contributed by atoms with E-state index in [9.17, 15) is 0 Å². The summed E-state index contributed by atoms with van der Waals surface area (Å²) < 4.78 is 6.77. The van der Waals surface area contributed by atoms with Gasteiger partial charge in [0.1, 0.15) is 12.1 Å². The summed E-state index contributed by atoms with van der Waals surface area (Å²) in [5, 5.41) is 4.32. The molecule has 7 nitrogen and oxygen atoms in total. The van der Waals surface area contributed by atoms with Crippen LogP contribution in [-0.2, 0) is 12.5 Å². The number of benzene rings is 1. The van der Waals surface area contributed by atoms with Crippen LogP contribution in [0.4, 0.5) is 11.6 Å². The second kappa shape index (κ2) is 7.99. The molecule has 3 N–H and O–H groups in total. The Labute approximate surface area is 186 Å². The molecule has 5 rings (SSSR count). The zero-order chi connectivity index (χ0) is 19.8. The van der Waals surface area contributed by atoms with Crippen LogP contribution in [0, 0.1) is 3.57 Å². The minimum Gasteiger partial charge on any atom is -0.356 e. The van der Waals surface area contributed by atoms with Crippen LogP contribution < -0.4 is 14.2 Å². The predicted octanol–water partition coefficient (Wildman–Crippen LogP) is 3.74. The number of nitrogens with two attached hydrogens (primary N) is 1. The molecule has 2 aliphatic heterocycles. The molecule has 29 heavy (non-hydrogen) atoms. The average Bonchev–Trinajstić information content (AvgIpc) is 3.43. The minimum absolute atomic E-state index is 0.0190. The molecule has 0 saturated carbocycles. The van der Waals surface area contributed by atoms with Gasteiger partial charge in [-0.2, -0.15) is 5.10 Å². The van der Waals surface area contributed by atoms with Gasteiger partial charge in [-0.1, -0.05) is 24.3 Å². The van der Waals surface area contributed by atoms with Crippen LogP contribution in [0.2, 0.25) is 0 Å². The summed E-state index contributed by atoms with van der Waals surface area (Å²) in [5.41, 5.74) is 10.1. The molecule has 0 atom stereocenters. The third-order valence-corrected chi connectivity index (χ3v) is 13.7. The van der Waals surface area contributed by atoms with Crippen molar-refractivity contribution in [3.63, 3.8) is 0 Å². The lowest BCUT2D eigenvalue weighted by Crippen LogP contribution is -2.47. The first kappa shape index (κ1) is 19.5. The molecular formula is C20H23I2N7. The third kappa shape index (κ3) is 3.61. The normalized spacial score (nSPS) is 17.8. The van der Waals surface area contributed by atoms with E-state index in [0.717, 1.165) is 37.3 Å². The molecule has 2 aliphatic rings. The van der Waals surface area contributed by atoms with Gasteiger partial charge in [-0.25, -0.2) is 9.97 Å². The lowest BCUT2D eigenvalue weighted by Gasteiger charge is -2.42. The number of hydrogen-bond donors (Lipinski definition) is 2. The van der Waals surface area contributed by atoms with Crippen molar-refractivity contribution in [3.8, 4) is 11.1 Å². The van der Waals surface area contributed by atoms with E-state index in [0.29, 0.717) is 6.54 Å². The molecule has 3 aromatic rings. The number of aryl methyl sites for hydroxylation is 1. The standard InChI is InChI=1S/C20H23I2N7/c1-28-11-15(10-26-28)14-3-2-4-16(9-14)20(12-23)5-7-29(8-6-20)19-17-18(24-13-25-19)27-22-21-17/h2-4,9-11,13H,5-8,12,23H2,1H3,(H,24,25,27). The number of piperidine rings is 1. The van der Waals surface area contributed by atoms with Crippen molar-refractivity contribution < 1.29 is 0 Å². The van der Waals surface area contributed by atoms with Crippen LogP contribution >= 0.6 is 33.5 Å². The van der Waals surface area contributed by atoms with Gasteiger partial charge in [0.25, 0.3) is 0 Å². The lowest BCUT2D eigenvalue weighted by molar-refractivity contribution is 0.339. The Hall–Kier alpha value is -1.47. The lowest BCUT2D eigenvalue weighted by atomic mass is 9.72. The maximum Gasteiger partial charge on any atom is 0.153 e. The van der Waals surface area contributed by atoms with Crippen LogP contribution in [0.3, 0.4) is 0 Å². The first-order chi connectivity index (χ1) is 14.2. The monoisotopic (exact) mass is 615 g/mol. The molecule has 9 heteroatoms. The van der Waals surface area contributed by atoms with E-state index < -0.39 is 0 Å². The van der Waals surface area contributed by atoms with Gasteiger partial charge in [0, 0.05) is 60.7 Å². The number of aromatic nitrogens is 4. The second-order valence-electron chi connectivity index (χ2n) is 7.55. The highest BCUT2D eigenvalue weighted by atomic mass is 128. The predicted molar refractivity (Wildman–Crippen MR) is 133 cm³/mol. The van der Waals surface area contributed by atoms with Crippen LogP contribution in [0.1, 0.15) is 18.4 Å². The number of fused-ring (bicyclic) bond motifs is 1. The molecule has 2 aromatic heterocycles. The fourth-order valence-electron chi connectivity index (χ4n) is 4.16. The summed E-state index contributed by atoms with van der Waals surface area (Å²) in [6.07, 6.45) is 7.78. The zero-order valence-corrected chi connectivity index (χ0v) is 20.5. The zero-order valence-electron chi connectivity index (χ0n) is 16.1. The summed E-state index contributed by atoms with van der Waals surface area (Å²) in [6.45, 7) is 2.64.